The Hall–Kier alpha value is -2.29. The van der Waals surface area contributed by atoms with Crippen LogP contribution < -0.4 is 4.72 Å². The van der Waals surface area contributed by atoms with Crippen molar-refractivity contribution in [1.29, 1.82) is 0 Å². The van der Waals surface area contributed by atoms with E-state index in [2.05, 4.69) is 35.8 Å². The van der Waals surface area contributed by atoms with Crippen molar-refractivity contribution in [1.82, 2.24) is 9.88 Å². The predicted molar refractivity (Wildman–Crippen MR) is 162 cm³/mol. The van der Waals surface area contributed by atoms with Crippen LogP contribution in [0, 0.1) is 11.7 Å². The molecule has 0 unspecified atom stereocenters. The third-order valence-electron chi connectivity index (χ3n) is 8.29. The largest absolute Gasteiger partial charge is 0.298 e. The molecule has 1 saturated carbocycles. The third-order valence-corrected chi connectivity index (χ3v) is 11.0. The highest BCUT2D eigenvalue weighted by molar-refractivity contribution is 7.92. The van der Waals surface area contributed by atoms with Crippen LogP contribution in [-0.4, -0.2) is 31.4 Å². The van der Waals surface area contributed by atoms with Crippen LogP contribution in [0.4, 0.5) is 10.1 Å². The average Bonchev–Trinajstić information content (AvgIpc) is 3.61. The summed E-state index contributed by atoms with van der Waals surface area (Å²) in [5.41, 5.74) is 4.32. The van der Waals surface area contributed by atoms with Gasteiger partial charge in [-0.2, -0.15) is 0 Å². The van der Waals surface area contributed by atoms with Gasteiger partial charge in [-0.3, -0.25) is 9.62 Å². The second-order valence-electron chi connectivity index (χ2n) is 12.6. The first-order chi connectivity index (χ1) is 19.1. The van der Waals surface area contributed by atoms with E-state index >= 15 is 0 Å². The zero-order chi connectivity index (χ0) is 28.3. The standard InChI is InChI=1S/C32H42FN3O2S2/c1-32(2,3)31-34-27(22-39-31)16-18-36-17-15-25-20-28(13-12-26(25)21-36)40(37,38)35-30-14-11-24(19-29(30)33)10-6-9-23-7-4-5-8-23/h11-14,19-20,22-23,35H,4-10,15-18,21H2,1-3H3. The topological polar surface area (TPSA) is 62.3 Å². The monoisotopic (exact) mass is 583 g/mol. The average molecular weight is 584 g/mol. The van der Waals surface area contributed by atoms with Crippen LogP contribution >= 0.6 is 11.3 Å². The summed E-state index contributed by atoms with van der Waals surface area (Å²) in [6, 6.07) is 10.2. The maximum atomic E-state index is 14.9. The van der Waals surface area contributed by atoms with Gasteiger partial charge in [-0.05, 0) is 66.1 Å². The SMILES string of the molecule is CC(C)(C)c1nc(CCN2CCc3cc(S(=O)(=O)Nc4ccc(CCCC5CCCC5)cc4F)ccc3C2)cs1. The van der Waals surface area contributed by atoms with Crippen molar-refractivity contribution in [3.05, 3.63) is 75.0 Å². The highest BCUT2D eigenvalue weighted by atomic mass is 32.2. The van der Waals surface area contributed by atoms with Crippen molar-refractivity contribution in [2.24, 2.45) is 5.92 Å². The van der Waals surface area contributed by atoms with Crippen LogP contribution in [0.2, 0.25) is 0 Å². The summed E-state index contributed by atoms with van der Waals surface area (Å²) < 4.78 is 43.6. The Labute approximate surface area is 243 Å². The number of aromatic nitrogens is 1. The Morgan fingerprint density at radius 1 is 1.07 bits per heavy atom. The number of thiazole rings is 1. The number of nitrogens with one attached hydrogen (secondary N) is 1. The fourth-order valence-corrected chi connectivity index (χ4v) is 7.94. The predicted octanol–water partition coefficient (Wildman–Crippen LogP) is 7.49. The first kappa shape index (κ1) is 29.2. The summed E-state index contributed by atoms with van der Waals surface area (Å²) in [4.78, 5) is 7.39. The van der Waals surface area contributed by atoms with Gasteiger partial charge in [0.1, 0.15) is 5.82 Å². The van der Waals surface area contributed by atoms with Crippen LogP contribution in [-0.2, 0) is 41.2 Å². The zero-order valence-corrected chi connectivity index (χ0v) is 25.6. The van der Waals surface area contributed by atoms with E-state index in [0.717, 1.165) is 73.6 Å². The fraction of sp³-hybridized carbons (Fsp3) is 0.531. The number of hydrogen-bond donors (Lipinski definition) is 1. The molecule has 0 saturated heterocycles. The minimum atomic E-state index is -3.89. The van der Waals surface area contributed by atoms with Gasteiger partial charge in [0.25, 0.3) is 10.0 Å². The molecule has 0 bridgehead atoms. The van der Waals surface area contributed by atoms with Gasteiger partial charge >= 0.3 is 0 Å². The molecule has 0 atom stereocenters. The molecule has 0 radical (unpaired) electrons. The van der Waals surface area contributed by atoms with E-state index in [1.54, 1.807) is 29.5 Å². The van der Waals surface area contributed by atoms with Crippen molar-refractivity contribution < 1.29 is 12.8 Å². The molecule has 0 amide bonds. The lowest BCUT2D eigenvalue weighted by molar-refractivity contribution is 0.256. The first-order valence-electron chi connectivity index (χ1n) is 14.7. The van der Waals surface area contributed by atoms with Gasteiger partial charge in [0.05, 0.1) is 21.3 Å². The Kier molecular flexibility index (Phi) is 8.98. The van der Waals surface area contributed by atoms with Gasteiger partial charge in [-0.15, -0.1) is 11.3 Å². The number of rotatable bonds is 10. The molecule has 2 aliphatic rings. The number of sulfonamides is 1. The van der Waals surface area contributed by atoms with Crippen LogP contribution in [0.15, 0.2) is 46.7 Å². The summed E-state index contributed by atoms with van der Waals surface area (Å²) in [5, 5.41) is 3.33. The molecule has 216 valence electrons. The minimum Gasteiger partial charge on any atom is -0.298 e. The maximum Gasteiger partial charge on any atom is 0.261 e. The molecule has 2 heterocycles. The van der Waals surface area contributed by atoms with Crippen molar-refractivity contribution in [2.75, 3.05) is 17.8 Å². The molecule has 1 fully saturated rings. The highest BCUT2D eigenvalue weighted by Crippen LogP contribution is 2.30. The molecule has 2 aromatic carbocycles. The van der Waals surface area contributed by atoms with Crippen LogP contribution in [0.25, 0.3) is 0 Å². The highest BCUT2D eigenvalue weighted by Gasteiger charge is 2.23. The molecule has 40 heavy (non-hydrogen) atoms. The summed E-state index contributed by atoms with van der Waals surface area (Å²) in [6.07, 6.45) is 10.1. The van der Waals surface area contributed by atoms with Crippen LogP contribution in [0.3, 0.4) is 0 Å². The second kappa shape index (κ2) is 12.3. The van der Waals surface area contributed by atoms with Crippen LogP contribution in [0.1, 0.15) is 86.7 Å². The summed E-state index contributed by atoms with van der Waals surface area (Å²) in [5.74, 6) is 0.298. The number of aryl methyl sites for hydroxylation is 1. The normalized spacial score (nSPS) is 16.8. The molecular weight excluding hydrogens is 542 g/mol. The summed E-state index contributed by atoms with van der Waals surface area (Å²) in [7, 11) is -3.89. The van der Waals surface area contributed by atoms with E-state index in [0.29, 0.717) is 0 Å². The lowest BCUT2D eigenvalue weighted by Crippen LogP contribution is -2.32. The lowest BCUT2D eigenvalue weighted by atomic mass is 9.98. The van der Waals surface area contributed by atoms with Gasteiger partial charge in [-0.1, -0.05) is 65.0 Å². The third kappa shape index (κ3) is 7.31. The minimum absolute atomic E-state index is 0.0000894. The number of benzene rings is 2. The maximum absolute atomic E-state index is 14.9. The van der Waals surface area contributed by atoms with Gasteiger partial charge in [0, 0.05) is 36.9 Å². The molecule has 1 aliphatic heterocycles. The zero-order valence-electron chi connectivity index (χ0n) is 24.0. The quantitative estimate of drug-likeness (QED) is 0.269. The molecule has 0 spiro atoms. The van der Waals surface area contributed by atoms with Crippen molar-refractivity contribution >= 4 is 27.0 Å². The Balaban J connectivity index is 1.16. The summed E-state index contributed by atoms with van der Waals surface area (Å²) >= 11 is 1.73. The molecule has 8 heteroatoms. The number of fused-ring (bicyclic) bond motifs is 1. The lowest BCUT2D eigenvalue weighted by Gasteiger charge is -2.29. The fourth-order valence-electron chi connectivity index (χ4n) is 5.88. The molecule has 3 aromatic rings. The summed E-state index contributed by atoms with van der Waals surface area (Å²) in [6.45, 7) is 9.14. The second-order valence-corrected chi connectivity index (χ2v) is 15.1. The molecule has 5 rings (SSSR count). The molecule has 1 aromatic heterocycles. The van der Waals surface area contributed by atoms with E-state index in [4.69, 9.17) is 4.98 Å². The Morgan fingerprint density at radius 3 is 2.60 bits per heavy atom. The number of halogens is 1. The van der Waals surface area contributed by atoms with Crippen molar-refractivity contribution in [3.8, 4) is 0 Å². The van der Waals surface area contributed by atoms with Gasteiger partial charge in [0.15, 0.2) is 0 Å². The number of anilines is 1. The Bertz CT molecular complexity index is 1420. The van der Waals surface area contributed by atoms with Crippen molar-refractivity contribution in [2.45, 2.75) is 95.4 Å². The van der Waals surface area contributed by atoms with E-state index in [-0.39, 0.29) is 16.0 Å². The smallest absolute Gasteiger partial charge is 0.261 e. The van der Waals surface area contributed by atoms with Crippen LogP contribution in [0.5, 0.6) is 0 Å². The number of nitrogens with zero attached hydrogens (tertiary/aromatic N) is 2. The van der Waals surface area contributed by atoms with Gasteiger partial charge in [-0.25, -0.2) is 17.8 Å². The Morgan fingerprint density at radius 2 is 1.88 bits per heavy atom. The molecule has 1 N–H and O–H groups in total. The van der Waals surface area contributed by atoms with E-state index < -0.39 is 15.8 Å². The molecule has 5 nitrogen and oxygen atoms in total. The van der Waals surface area contributed by atoms with E-state index in [1.165, 1.54) is 43.2 Å². The van der Waals surface area contributed by atoms with E-state index in [9.17, 15) is 12.8 Å². The van der Waals surface area contributed by atoms with Gasteiger partial charge < -0.3 is 0 Å². The molecule has 1 aliphatic carbocycles. The first-order valence-corrected chi connectivity index (χ1v) is 17.0. The van der Waals surface area contributed by atoms with E-state index in [1.807, 2.05) is 12.1 Å². The number of hydrogen-bond acceptors (Lipinski definition) is 5. The molecular formula is C32H42FN3O2S2. The van der Waals surface area contributed by atoms with Gasteiger partial charge in [0.2, 0.25) is 0 Å². The van der Waals surface area contributed by atoms with Crippen molar-refractivity contribution in [3.63, 3.8) is 0 Å².